The van der Waals surface area contributed by atoms with Crippen LogP contribution in [0.1, 0.15) is 40.2 Å². The van der Waals surface area contributed by atoms with Gasteiger partial charge in [0.1, 0.15) is 6.10 Å². The predicted octanol–water partition coefficient (Wildman–Crippen LogP) is 5.19. The summed E-state index contributed by atoms with van der Waals surface area (Å²) in [6, 6.07) is 6.86. The number of ether oxygens (including phenoxy) is 1. The van der Waals surface area contributed by atoms with Crippen LogP contribution in [0.5, 0.6) is 0 Å². The van der Waals surface area contributed by atoms with E-state index in [1.807, 2.05) is 38.1 Å². The summed E-state index contributed by atoms with van der Waals surface area (Å²) in [5.41, 5.74) is 3.07. The van der Waals surface area contributed by atoms with Crippen molar-refractivity contribution < 1.29 is 13.6 Å². The Morgan fingerprint density at radius 2 is 2.00 bits per heavy atom. The molecule has 3 heteroatoms. The average Bonchev–Trinajstić information content (AvgIpc) is 2.43. The van der Waals surface area contributed by atoms with Gasteiger partial charge in [-0.3, -0.25) is 4.79 Å². The monoisotopic (exact) mass is 307 g/mol. The first-order valence-corrected chi connectivity index (χ1v) is 11.0. The Balaban J connectivity index is 2.94. The molecule has 0 amide bonds. The van der Waals surface area contributed by atoms with Crippen LogP contribution in [0.4, 0.5) is 0 Å². The fourth-order valence-electron chi connectivity index (χ4n) is 2.00. The topological polar surface area (TPSA) is 26.3 Å². The zero-order valence-electron chi connectivity index (χ0n) is 16.7. The van der Waals surface area contributed by atoms with E-state index in [-0.39, 0.29) is 0 Å². The minimum atomic E-state index is -2.74. The van der Waals surface area contributed by atoms with Gasteiger partial charge < -0.3 is 4.74 Å². The lowest BCUT2D eigenvalue weighted by Crippen LogP contribution is -2.17. The molecule has 1 aromatic carbocycles. The Morgan fingerprint density at radius 1 is 1.29 bits per heavy atom. The smallest absolute Gasteiger partial charge is 0.303 e. The Labute approximate surface area is 134 Å². The first kappa shape index (κ1) is 13.3. The second-order valence-corrected chi connectivity index (χ2v) is 12.2. The maximum atomic E-state index is 11.8. The van der Waals surface area contributed by atoms with Gasteiger partial charge in [-0.1, -0.05) is 50.0 Å². The van der Waals surface area contributed by atoms with Gasteiger partial charge in [-0.15, -0.1) is 0 Å². The van der Waals surface area contributed by atoms with Gasteiger partial charge in [0.25, 0.3) is 0 Å². The van der Waals surface area contributed by atoms with Crippen molar-refractivity contribution in [3.05, 3.63) is 47.0 Å². The Kier molecular flexibility index (Phi) is 4.82. The van der Waals surface area contributed by atoms with E-state index in [1.165, 1.54) is 0 Å². The number of rotatable bonds is 6. The molecule has 0 aliphatic heterocycles. The quantitative estimate of drug-likeness (QED) is 0.410. The van der Waals surface area contributed by atoms with Gasteiger partial charge in [-0.2, -0.15) is 0 Å². The van der Waals surface area contributed by atoms with E-state index in [4.69, 9.17) is 8.85 Å². The standard InChI is InChI=1S/C18H28O2Si/c1-14-10-11-17(13-15(14)2)18(20-16(3)19)9-7-8-12-21(4,5)6/h7-8,10-11,13,18H,9,12H2,1-6H3/b8-7-/i3D3. The van der Waals surface area contributed by atoms with Crippen LogP contribution < -0.4 is 0 Å². The molecular weight excluding hydrogens is 276 g/mol. The maximum absolute atomic E-state index is 11.8. The molecule has 1 atom stereocenters. The van der Waals surface area contributed by atoms with Gasteiger partial charge in [-0.25, -0.2) is 0 Å². The average molecular weight is 308 g/mol. The molecule has 0 saturated carbocycles. The summed E-state index contributed by atoms with van der Waals surface area (Å²) in [6.07, 6.45) is 4.01. The molecular formula is C18H28O2Si. The summed E-state index contributed by atoms with van der Waals surface area (Å²) in [4.78, 5) is 11.8. The van der Waals surface area contributed by atoms with Crippen LogP contribution in [0.15, 0.2) is 30.4 Å². The number of carbonyl (C=O) groups is 1. The summed E-state index contributed by atoms with van der Waals surface area (Å²) < 4.78 is 26.9. The normalized spacial score (nSPS) is 16.1. The van der Waals surface area contributed by atoms with Crippen molar-refractivity contribution in [1.82, 2.24) is 0 Å². The largest absolute Gasteiger partial charge is 0.457 e. The predicted molar refractivity (Wildman–Crippen MR) is 92.3 cm³/mol. The highest BCUT2D eigenvalue weighted by atomic mass is 28.3. The van der Waals surface area contributed by atoms with E-state index in [9.17, 15) is 4.79 Å². The summed E-state index contributed by atoms with van der Waals surface area (Å²) >= 11 is 0. The maximum Gasteiger partial charge on any atom is 0.303 e. The van der Waals surface area contributed by atoms with Crippen LogP contribution in [-0.4, -0.2) is 14.0 Å². The van der Waals surface area contributed by atoms with E-state index in [1.54, 1.807) is 0 Å². The van der Waals surface area contributed by atoms with Crippen LogP contribution >= 0.6 is 0 Å². The van der Waals surface area contributed by atoms with E-state index >= 15 is 0 Å². The third-order valence-corrected chi connectivity index (χ3v) is 4.86. The number of aryl methyl sites for hydroxylation is 2. The summed E-state index contributed by atoms with van der Waals surface area (Å²) in [6.45, 7) is 8.12. The van der Waals surface area contributed by atoms with Crippen LogP contribution in [0, 0.1) is 13.8 Å². The van der Waals surface area contributed by atoms with Crippen LogP contribution in [0.3, 0.4) is 0 Å². The highest BCUT2D eigenvalue weighted by molar-refractivity contribution is 6.76. The summed E-state index contributed by atoms with van der Waals surface area (Å²) in [7, 11) is -1.17. The molecule has 0 radical (unpaired) electrons. The Bertz CT molecular complexity index is 601. The first-order chi connectivity index (χ1) is 10.9. The van der Waals surface area contributed by atoms with Crippen molar-refractivity contribution >= 4 is 14.0 Å². The second kappa shape index (κ2) is 7.60. The molecule has 0 bridgehead atoms. The van der Waals surface area contributed by atoms with Gasteiger partial charge in [-0.05, 0) is 36.6 Å². The lowest BCUT2D eigenvalue weighted by atomic mass is 10.0. The molecule has 1 unspecified atom stereocenters. The third-order valence-electron chi connectivity index (χ3n) is 3.40. The molecule has 0 saturated heterocycles. The van der Waals surface area contributed by atoms with Gasteiger partial charge >= 0.3 is 5.97 Å². The van der Waals surface area contributed by atoms with Crippen LogP contribution in [0.25, 0.3) is 0 Å². The van der Waals surface area contributed by atoms with Crippen molar-refractivity contribution in [3.8, 4) is 0 Å². The van der Waals surface area contributed by atoms with E-state index in [0.29, 0.717) is 6.42 Å². The van der Waals surface area contributed by atoms with Gasteiger partial charge in [0, 0.05) is 25.5 Å². The number of hydrogen-bond acceptors (Lipinski definition) is 2. The minimum Gasteiger partial charge on any atom is -0.457 e. The molecule has 0 aliphatic carbocycles. The molecule has 2 nitrogen and oxygen atoms in total. The highest BCUT2D eigenvalue weighted by Gasteiger charge is 2.14. The number of carbonyl (C=O) groups excluding carboxylic acids is 1. The molecule has 0 spiro atoms. The SMILES string of the molecule is [2H]C([2H])([2H])C(=O)OC(C/C=C\C[Si](C)(C)C)c1ccc(C)c(C)c1. The zero-order chi connectivity index (χ0) is 18.5. The number of hydrogen-bond donors (Lipinski definition) is 0. The van der Waals surface area contributed by atoms with E-state index in [2.05, 4.69) is 25.7 Å². The Morgan fingerprint density at radius 3 is 2.57 bits per heavy atom. The lowest BCUT2D eigenvalue weighted by Gasteiger charge is -2.17. The van der Waals surface area contributed by atoms with Gasteiger partial charge in [0.2, 0.25) is 0 Å². The van der Waals surface area contributed by atoms with Crippen molar-refractivity contribution in [1.29, 1.82) is 0 Å². The molecule has 0 aliphatic rings. The molecule has 1 rings (SSSR count). The molecule has 116 valence electrons. The summed E-state index contributed by atoms with van der Waals surface area (Å²) in [5, 5.41) is 0. The van der Waals surface area contributed by atoms with Crippen molar-refractivity contribution in [2.45, 2.75) is 58.9 Å². The van der Waals surface area contributed by atoms with Crippen molar-refractivity contribution in [3.63, 3.8) is 0 Å². The lowest BCUT2D eigenvalue weighted by molar-refractivity contribution is -0.146. The fourth-order valence-corrected chi connectivity index (χ4v) is 2.88. The van der Waals surface area contributed by atoms with Crippen LogP contribution in [-0.2, 0) is 9.53 Å². The zero-order valence-corrected chi connectivity index (χ0v) is 14.7. The molecule has 0 fully saturated rings. The van der Waals surface area contributed by atoms with Crippen molar-refractivity contribution in [2.24, 2.45) is 0 Å². The van der Waals surface area contributed by atoms with E-state index in [0.717, 1.165) is 22.7 Å². The fraction of sp³-hybridized carbons (Fsp3) is 0.500. The van der Waals surface area contributed by atoms with Crippen LogP contribution in [0.2, 0.25) is 25.7 Å². The Hall–Kier alpha value is -1.35. The molecule has 0 heterocycles. The second-order valence-electron chi connectivity index (χ2n) is 6.71. The molecule has 1 aromatic rings. The van der Waals surface area contributed by atoms with Gasteiger partial charge in [0.15, 0.2) is 0 Å². The first-order valence-electron chi connectivity index (χ1n) is 8.83. The minimum absolute atomic E-state index is 0.481. The number of benzene rings is 1. The van der Waals surface area contributed by atoms with E-state index < -0.39 is 27.0 Å². The molecule has 21 heavy (non-hydrogen) atoms. The molecule has 0 N–H and O–H groups in total. The van der Waals surface area contributed by atoms with Crippen molar-refractivity contribution in [2.75, 3.05) is 0 Å². The third kappa shape index (κ3) is 6.76. The molecule has 0 aromatic heterocycles. The summed E-state index contributed by atoms with van der Waals surface area (Å²) in [5.74, 6) is -1.15. The van der Waals surface area contributed by atoms with Gasteiger partial charge in [0.05, 0.1) is 0 Å². The number of allylic oxidation sites excluding steroid dienone is 1. The number of esters is 1. The highest BCUT2D eigenvalue weighted by Crippen LogP contribution is 2.24.